The highest BCUT2D eigenvalue weighted by Gasteiger charge is 2.60. The Kier molecular flexibility index (Phi) is 3.81. The van der Waals surface area contributed by atoms with Gasteiger partial charge in [-0.05, 0) is 32.4 Å². The van der Waals surface area contributed by atoms with Crippen LogP contribution in [0, 0.1) is 12.3 Å². The van der Waals surface area contributed by atoms with Crippen LogP contribution in [0.5, 0.6) is 0 Å². The molecule has 0 aromatic carbocycles. The molecular weight excluding hydrogens is 362 g/mol. The first-order valence-corrected chi connectivity index (χ1v) is 9.15. The fourth-order valence-corrected chi connectivity index (χ4v) is 4.32. The molecular formula is C19H21N5O4. The largest absolute Gasteiger partial charge is 0.352 e. The monoisotopic (exact) mass is 383 g/mol. The Morgan fingerprint density at radius 3 is 2.68 bits per heavy atom. The molecule has 9 nitrogen and oxygen atoms in total. The molecule has 0 radical (unpaired) electrons. The average molecular weight is 383 g/mol. The fourth-order valence-electron chi connectivity index (χ4n) is 4.32. The van der Waals surface area contributed by atoms with Crippen molar-refractivity contribution in [1.29, 1.82) is 0 Å². The lowest BCUT2D eigenvalue weighted by atomic mass is 9.70. The lowest BCUT2D eigenvalue weighted by Gasteiger charge is -2.49. The smallest absolute Gasteiger partial charge is 0.330 e. The molecule has 2 unspecified atom stereocenters. The Labute approximate surface area is 160 Å². The third-order valence-corrected chi connectivity index (χ3v) is 5.99. The molecule has 1 fully saturated rings. The van der Waals surface area contributed by atoms with Crippen LogP contribution in [0.1, 0.15) is 25.0 Å². The number of anilines is 1. The van der Waals surface area contributed by atoms with Gasteiger partial charge in [0, 0.05) is 26.2 Å². The second-order valence-electron chi connectivity index (χ2n) is 7.34. The van der Waals surface area contributed by atoms with Gasteiger partial charge in [-0.3, -0.25) is 29.0 Å². The number of aromatic nitrogens is 2. The summed E-state index contributed by atoms with van der Waals surface area (Å²) in [6, 6.07) is 2.29. The van der Waals surface area contributed by atoms with E-state index in [1.54, 1.807) is 24.1 Å². The molecule has 146 valence electrons. The zero-order valence-electron chi connectivity index (χ0n) is 16.1. The number of imide groups is 2. The highest BCUT2D eigenvalue weighted by molar-refractivity contribution is 6.20. The summed E-state index contributed by atoms with van der Waals surface area (Å²) >= 11 is 0. The van der Waals surface area contributed by atoms with Gasteiger partial charge in [-0.2, -0.15) is 0 Å². The molecule has 1 saturated heterocycles. The van der Waals surface area contributed by atoms with Gasteiger partial charge in [-0.15, -0.1) is 0 Å². The molecule has 2 aromatic rings. The lowest BCUT2D eigenvalue weighted by molar-refractivity contribution is -0.152. The zero-order valence-corrected chi connectivity index (χ0v) is 16.1. The van der Waals surface area contributed by atoms with E-state index in [9.17, 15) is 19.2 Å². The van der Waals surface area contributed by atoms with Gasteiger partial charge in [-0.1, -0.05) is 6.07 Å². The third-order valence-electron chi connectivity index (χ3n) is 5.99. The molecule has 4 rings (SSSR count). The number of nitrogens with one attached hydrogen (secondary N) is 1. The Hall–Kier alpha value is -3.23. The molecule has 0 saturated carbocycles. The van der Waals surface area contributed by atoms with Crippen molar-refractivity contribution in [2.24, 2.45) is 5.41 Å². The Morgan fingerprint density at radius 1 is 1.29 bits per heavy atom. The van der Waals surface area contributed by atoms with Gasteiger partial charge in [0.25, 0.3) is 5.56 Å². The third kappa shape index (κ3) is 2.10. The van der Waals surface area contributed by atoms with E-state index in [4.69, 9.17) is 4.98 Å². The second-order valence-corrected chi connectivity index (χ2v) is 7.34. The first-order chi connectivity index (χ1) is 13.2. The van der Waals surface area contributed by atoms with Gasteiger partial charge in [0.2, 0.25) is 11.8 Å². The number of carbonyl (C=O) groups is 3. The molecule has 1 N–H and O–H groups in total. The molecule has 28 heavy (non-hydrogen) atoms. The highest BCUT2D eigenvalue weighted by atomic mass is 16.2. The number of barbiturate groups is 1. The van der Waals surface area contributed by atoms with Crippen LogP contribution in [-0.2, 0) is 16.0 Å². The van der Waals surface area contributed by atoms with Crippen LogP contribution in [0.15, 0.2) is 23.1 Å². The SMILES string of the molecule is CCN1c2nc3c(C)cccn3c(=O)c2CC2(C(=O)NC(=O)N(C)C2=O)C1C. The number of pyridine rings is 1. The number of urea groups is 1. The van der Waals surface area contributed by atoms with E-state index < -0.39 is 29.3 Å². The summed E-state index contributed by atoms with van der Waals surface area (Å²) in [4.78, 5) is 58.6. The van der Waals surface area contributed by atoms with Crippen LogP contribution < -0.4 is 15.8 Å². The van der Waals surface area contributed by atoms with Crippen molar-refractivity contribution in [2.75, 3.05) is 18.5 Å². The minimum atomic E-state index is -1.56. The summed E-state index contributed by atoms with van der Waals surface area (Å²) in [5.74, 6) is -0.794. The maximum atomic E-state index is 13.3. The maximum absolute atomic E-state index is 13.3. The second kappa shape index (κ2) is 5.88. The van der Waals surface area contributed by atoms with E-state index in [0.29, 0.717) is 23.6 Å². The van der Waals surface area contributed by atoms with Gasteiger partial charge in [0.15, 0.2) is 5.41 Å². The van der Waals surface area contributed by atoms with Crippen molar-refractivity contribution in [1.82, 2.24) is 19.6 Å². The van der Waals surface area contributed by atoms with E-state index in [0.717, 1.165) is 10.5 Å². The summed E-state index contributed by atoms with van der Waals surface area (Å²) in [6.07, 6.45) is 1.52. The van der Waals surface area contributed by atoms with Crippen molar-refractivity contribution in [3.8, 4) is 0 Å². The zero-order chi connectivity index (χ0) is 20.4. The van der Waals surface area contributed by atoms with Gasteiger partial charge >= 0.3 is 6.03 Å². The Morgan fingerprint density at radius 2 is 2.00 bits per heavy atom. The molecule has 1 spiro atoms. The molecule has 4 heterocycles. The summed E-state index contributed by atoms with van der Waals surface area (Å²) in [5, 5.41) is 2.26. The fraction of sp³-hybridized carbons (Fsp3) is 0.421. The average Bonchev–Trinajstić information content (AvgIpc) is 2.66. The molecule has 2 aliphatic heterocycles. The molecule has 0 bridgehead atoms. The van der Waals surface area contributed by atoms with Crippen molar-refractivity contribution >= 4 is 29.3 Å². The first-order valence-electron chi connectivity index (χ1n) is 9.15. The minimum absolute atomic E-state index is 0.106. The van der Waals surface area contributed by atoms with E-state index in [-0.39, 0.29) is 12.0 Å². The molecule has 2 atom stereocenters. The van der Waals surface area contributed by atoms with Gasteiger partial charge in [0.05, 0.1) is 11.6 Å². The van der Waals surface area contributed by atoms with Crippen LogP contribution in [0.2, 0.25) is 0 Å². The number of fused-ring (bicyclic) bond motifs is 2. The standard InChI is InChI=1S/C19H21N5O4/c1-5-23-11(3)19(16(26)21-18(28)22(4)17(19)27)9-12-14(23)20-13-10(2)7-6-8-24(13)15(12)25/h6-8,11H,5,9H2,1-4H3,(H,21,26,28). The number of rotatable bonds is 1. The summed E-state index contributed by atoms with van der Waals surface area (Å²) in [6.45, 7) is 5.95. The van der Waals surface area contributed by atoms with Crippen LogP contribution in [0.3, 0.4) is 0 Å². The number of aryl methyl sites for hydroxylation is 1. The summed E-state index contributed by atoms with van der Waals surface area (Å²) in [5.41, 5.74) is -0.185. The quantitative estimate of drug-likeness (QED) is 0.718. The van der Waals surface area contributed by atoms with Crippen LogP contribution in [-0.4, -0.2) is 51.8 Å². The highest BCUT2D eigenvalue weighted by Crippen LogP contribution is 2.42. The maximum Gasteiger partial charge on any atom is 0.330 e. The number of nitrogens with zero attached hydrogens (tertiary/aromatic N) is 4. The van der Waals surface area contributed by atoms with Gasteiger partial charge in [-0.25, -0.2) is 9.78 Å². The van der Waals surface area contributed by atoms with Gasteiger partial charge in [0.1, 0.15) is 11.5 Å². The Bertz CT molecular complexity index is 1110. The lowest BCUT2D eigenvalue weighted by Crippen LogP contribution is -2.71. The number of amides is 4. The molecule has 2 aliphatic rings. The number of carbonyl (C=O) groups excluding carboxylic acids is 3. The van der Waals surface area contributed by atoms with Crippen molar-refractivity contribution < 1.29 is 14.4 Å². The predicted molar refractivity (Wildman–Crippen MR) is 101 cm³/mol. The van der Waals surface area contributed by atoms with Crippen LogP contribution >= 0.6 is 0 Å². The van der Waals surface area contributed by atoms with E-state index in [2.05, 4.69) is 5.32 Å². The molecule has 4 amide bonds. The van der Waals surface area contributed by atoms with Crippen molar-refractivity contribution in [3.63, 3.8) is 0 Å². The first kappa shape index (κ1) is 18.1. The minimum Gasteiger partial charge on any atom is -0.352 e. The molecule has 0 aliphatic carbocycles. The van der Waals surface area contributed by atoms with Crippen LogP contribution in [0.4, 0.5) is 10.6 Å². The normalized spacial score (nSPS) is 24.7. The number of hydrogen-bond donors (Lipinski definition) is 1. The van der Waals surface area contributed by atoms with Crippen molar-refractivity contribution in [2.45, 2.75) is 33.2 Å². The number of hydrogen-bond acceptors (Lipinski definition) is 6. The predicted octanol–water partition coefficient (Wildman–Crippen LogP) is 0.468. The molecule has 2 aromatic heterocycles. The van der Waals surface area contributed by atoms with E-state index in [1.165, 1.54) is 11.4 Å². The van der Waals surface area contributed by atoms with Gasteiger partial charge < -0.3 is 4.90 Å². The van der Waals surface area contributed by atoms with E-state index >= 15 is 0 Å². The Balaban J connectivity index is 2.02. The van der Waals surface area contributed by atoms with E-state index in [1.807, 2.05) is 19.9 Å². The summed E-state index contributed by atoms with van der Waals surface area (Å²) in [7, 11) is 1.33. The van der Waals surface area contributed by atoms with Crippen molar-refractivity contribution in [3.05, 3.63) is 39.8 Å². The topological polar surface area (TPSA) is 104 Å². The van der Waals surface area contributed by atoms with Crippen LogP contribution in [0.25, 0.3) is 5.65 Å². The summed E-state index contributed by atoms with van der Waals surface area (Å²) < 4.78 is 1.44. The molecule has 9 heteroatoms.